The number of hydrogen-bond donors (Lipinski definition) is 1. The van der Waals surface area contributed by atoms with Crippen molar-refractivity contribution < 1.29 is 14.3 Å². The Morgan fingerprint density at radius 1 is 1.27 bits per heavy atom. The minimum atomic E-state index is -0.290. The van der Waals surface area contributed by atoms with E-state index in [4.69, 9.17) is 4.74 Å². The topological polar surface area (TPSA) is 58.6 Å². The average molecular weight is 306 g/mol. The summed E-state index contributed by atoms with van der Waals surface area (Å²) in [5, 5.41) is 2.84. The minimum absolute atomic E-state index is 0.0492. The van der Waals surface area contributed by atoms with Gasteiger partial charge in [-0.1, -0.05) is 12.1 Å². The van der Waals surface area contributed by atoms with Gasteiger partial charge in [0.2, 0.25) is 11.8 Å². The van der Waals surface area contributed by atoms with Crippen LogP contribution in [-0.2, 0) is 16.0 Å². The normalized spacial score (nSPS) is 11.0. The van der Waals surface area contributed by atoms with Crippen LogP contribution in [0.15, 0.2) is 24.3 Å². The molecule has 1 aromatic carbocycles. The first kappa shape index (κ1) is 18.0. The van der Waals surface area contributed by atoms with Crippen LogP contribution in [0.1, 0.15) is 32.8 Å². The third-order valence-corrected chi connectivity index (χ3v) is 3.08. The van der Waals surface area contributed by atoms with E-state index < -0.39 is 0 Å². The third kappa shape index (κ3) is 6.61. The standard InChI is InChI=1S/C17H26N2O3/c1-17(2,3)18-15(20)12-19(4)16(21)10-9-13-7-6-8-14(11-13)22-5/h6-8,11H,9-10,12H2,1-5H3,(H,18,20). The van der Waals surface area contributed by atoms with Crippen molar-refractivity contribution >= 4 is 11.8 Å². The fraction of sp³-hybridized carbons (Fsp3) is 0.529. The van der Waals surface area contributed by atoms with Gasteiger partial charge in [0, 0.05) is 19.0 Å². The molecule has 1 aromatic rings. The summed E-state index contributed by atoms with van der Waals surface area (Å²) < 4.78 is 5.16. The largest absolute Gasteiger partial charge is 0.497 e. The second-order valence-corrected chi connectivity index (χ2v) is 6.40. The van der Waals surface area contributed by atoms with Crippen LogP contribution >= 0.6 is 0 Å². The maximum absolute atomic E-state index is 12.1. The first-order valence-electron chi connectivity index (χ1n) is 7.39. The van der Waals surface area contributed by atoms with Crippen LogP contribution in [0.25, 0.3) is 0 Å². The van der Waals surface area contributed by atoms with E-state index in [0.717, 1.165) is 11.3 Å². The molecule has 0 saturated carbocycles. The van der Waals surface area contributed by atoms with Gasteiger partial charge < -0.3 is 15.0 Å². The highest BCUT2D eigenvalue weighted by Crippen LogP contribution is 2.14. The van der Waals surface area contributed by atoms with E-state index in [1.807, 2.05) is 45.0 Å². The summed E-state index contributed by atoms with van der Waals surface area (Å²) in [6.07, 6.45) is 0.994. The van der Waals surface area contributed by atoms with E-state index >= 15 is 0 Å². The van der Waals surface area contributed by atoms with Crippen LogP contribution in [0, 0.1) is 0 Å². The summed E-state index contributed by atoms with van der Waals surface area (Å²) in [5.74, 6) is 0.583. The van der Waals surface area contributed by atoms with Crippen LogP contribution in [0.5, 0.6) is 5.75 Å². The molecule has 22 heavy (non-hydrogen) atoms. The molecule has 5 heteroatoms. The van der Waals surface area contributed by atoms with Crippen LogP contribution in [-0.4, -0.2) is 43.0 Å². The van der Waals surface area contributed by atoms with Crippen LogP contribution in [0.2, 0.25) is 0 Å². The van der Waals surface area contributed by atoms with Crippen molar-refractivity contribution in [1.29, 1.82) is 0 Å². The Bertz CT molecular complexity index is 521. The number of likely N-dealkylation sites (N-methyl/N-ethyl adjacent to an activating group) is 1. The zero-order valence-electron chi connectivity index (χ0n) is 14.1. The average Bonchev–Trinajstić information content (AvgIpc) is 2.42. The summed E-state index contributed by atoms with van der Waals surface area (Å²) in [4.78, 5) is 25.4. The predicted octanol–water partition coefficient (Wildman–Crippen LogP) is 2.00. The molecule has 0 aromatic heterocycles. The molecule has 0 radical (unpaired) electrons. The van der Waals surface area contributed by atoms with Gasteiger partial charge in [0.05, 0.1) is 13.7 Å². The number of carbonyl (C=O) groups is 2. The van der Waals surface area contributed by atoms with Crippen molar-refractivity contribution in [2.45, 2.75) is 39.2 Å². The number of ether oxygens (including phenoxy) is 1. The SMILES string of the molecule is COc1cccc(CCC(=O)N(C)CC(=O)NC(C)(C)C)c1. The summed E-state index contributed by atoms with van der Waals surface area (Å²) in [7, 11) is 3.27. The Morgan fingerprint density at radius 3 is 2.55 bits per heavy atom. The van der Waals surface area contributed by atoms with Crippen molar-refractivity contribution in [3.8, 4) is 5.75 Å². The summed E-state index contributed by atoms with van der Waals surface area (Å²) in [5.41, 5.74) is 0.752. The van der Waals surface area contributed by atoms with Gasteiger partial charge in [0.1, 0.15) is 5.75 Å². The number of aryl methyl sites for hydroxylation is 1. The van der Waals surface area contributed by atoms with Crippen LogP contribution < -0.4 is 10.1 Å². The molecule has 1 rings (SSSR count). The highest BCUT2D eigenvalue weighted by molar-refractivity contribution is 5.85. The van der Waals surface area contributed by atoms with Crippen LogP contribution in [0.3, 0.4) is 0 Å². The Labute approximate surface area is 132 Å². The molecule has 0 spiro atoms. The molecule has 0 aliphatic carbocycles. The van der Waals surface area contributed by atoms with E-state index in [0.29, 0.717) is 12.8 Å². The molecular formula is C17H26N2O3. The Balaban J connectivity index is 2.45. The maximum atomic E-state index is 12.1. The monoisotopic (exact) mass is 306 g/mol. The maximum Gasteiger partial charge on any atom is 0.240 e. The van der Waals surface area contributed by atoms with Gasteiger partial charge in [0.15, 0.2) is 0 Å². The quantitative estimate of drug-likeness (QED) is 0.874. The zero-order valence-corrected chi connectivity index (χ0v) is 14.1. The number of hydrogen-bond acceptors (Lipinski definition) is 3. The van der Waals surface area contributed by atoms with Gasteiger partial charge in [-0.05, 0) is 44.9 Å². The molecule has 5 nitrogen and oxygen atoms in total. The lowest BCUT2D eigenvalue weighted by atomic mass is 10.1. The lowest BCUT2D eigenvalue weighted by Gasteiger charge is -2.23. The number of methoxy groups -OCH3 is 1. The number of nitrogens with one attached hydrogen (secondary N) is 1. The molecule has 0 atom stereocenters. The molecule has 0 saturated heterocycles. The number of amides is 2. The highest BCUT2D eigenvalue weighted by Gasteiger charge is 2.17. The van der Waals surface area contributed by atoms with Crippen molar-refractivity contribution in [2.24, 2.45) is 0 Å². The van der Waals surface area contributed by atoms with Crippen molar-refractivity contribution in [3.05, 3.63) is 29.8 Å². The number of rotatable bonds is 6. The van der Waals surface area contributed by atoms with Gasteiger partial charge >= 0.3 is 0 Å². The van der Waals surface area contributed by atoms with Crippen molar-refractivity contribution in [2.75, 3.05) is 20.7 Å². The number of benzene rings is 1. The van der Waals surface area contributed by atoms with Crippen LogP contribution in [0.4, 0.5) is 0 Å². The van der Waals surface area contributed by atoms with Gasteiger partial charge in [-0.3, -0.25) is 9.59 Å². The first-order chi connectivity index (χ1) is 10.2. The summed E-state index contributed by atoms with van der Waals surface area (Å²) in [6.45, 7) is 5.81. The molecule has 0 aliphatic rings. The molecular weight excluding hydrogens is 280 g/mol. The highest BCUT2D eigenvalue weighted by atomic mass is 16.5. The molecule has 0 bridgehead atoms. The van der Waals surface area contributed by atoms with Gasteiger partial charge in [0.25, 0.3) is 0 Å². The fourth-order valence-corrected chi connectivity index (χ4v) is 2.03. The Hall–Kier alpha value is -2.04. The molecule has 0 aliphatic heterocycles. The van der Waals surface area contributed by atoms with E-state index in [-0.39, 0.29) is 23.9 Å². The van der Waals surface area contributed by atoms with E-state index in [1.165, 1.54) is 4.90 Å². The fourth-order valence-electron chi connectivity index (χ4n) is 2.03. The summed E-state index contributed by atoms with van der Waals surface area (Å²) >= 11 is 0. The predicted molar refractivity (Wildman–Crippen MR) is 86.8 cm³/mol. The summed E-state index contributed by atoms with van der Waals surface area (Å²) in [6, 6.07) is 7.65. The second kappa shape index (κ2) is 7.82. The first-order valence-corrected chi connectivity index (χ1v) is 7.39. The van der Waals surface area contributed by atoms with E-state index in [9.17, 15) is 9.59 Å². The minimum Gasteiger partial charge on any atom is -0.497 e. The second-order valence-electron chi connectivity index (χ2n) is 6.40. The smallest absolute Gasteiger partial charge is 0.240 e. The van der Waals surface area contributed by atoms with Gasteiger partial charge in [-0.2, -0.15) is 0 Å². The molecule has 2 amide bonds. The molecule has 122 valence electrons. The third-order valence-electron chi connectivity index (χ3n) is 3.08. The molecule has 0 fully saturated rings. The van der Waals surface area contributed by atoms with Crippen molar-refractivity contribution in [1.82, 2.24) is 10.2 Å². The number of carbonyl (C=O) groups excluding carboxylic acids is 2. The number of nitrogens with zero attached hydrogens (tertiary/aromatic N) is 1. The lowest BCUT2D eigenvalue weighted by molar-refractivity contribution is -0.135. The van der Waals surface area contributed by atoms with E-state index in [2.05, 4.69) is 5.32 Å². The Kier molecular flexibility index (Phi) is 6.40. The molecule has 0 unspecified atom stereocenters. The van der Waals surface area contributed by atoms with Crippen molar-refractivity contribution in [3.63, 3.8) is 0 Å². The Morgan fingerprint density at radius 2 is 1.95 bits per heavy atom. The molecule has 0 heterocycles. The van der Waals surface area contributed by atoms with Gasteiger partial charge in [-0.15, -0.1) is 0 Å². The van der Waals surface area contributed by atoms with Gasteiger partial charge in [-0.25, -0.2) is 0 Å². The lowest BCUT2D eigenvalue weighted by Crippen LogP contribution is -2.46. The zero-order chi connectivity index (χ0) is 16.8. The van der Waals surface area contributed by atoms with E-state index in [1.54, 1.807) is 14.2 Å². The molecule has 1 N–H and O–H groups in total.